The molecule has 0 spiro atoms. The molecule has 0 aliphatic carbocycles. The van der Waals surface area contributed by atoms with Gasteiger partial charge in [-0.25, -0.2) is 0 Å². The van der Waals surface area contributed by atoms with Gasteiger partial charge in [0.1, 0.15) is 6.04 Å². The Morgan fingerprint density at radius 1 is 1.04 bits per heavy atom. The minimum atomic E-state index is -0.588. The van der Waals surface area contributed by atoms with E-state index in [0.29, 0.717) is 11.8 Å². The average Bonchev–Trinajstić information content (AvgIpc) is 2.94. The van der Waals surface area contributed by atoms with Crippen molar-refractivity contribution in [3.05, 3.63) is 54.7 Å². The number of anilines is 2. The first kappa shape index (κ1) is 15.3. The van der Waals surface area contributed by atoms with Crippen LogP contribution in [0.3, 0.4) is 0 Å². The third kappa shape index (κ3) is 2.71. The first-order valence-electron chi connectivity index (χ1n) is 8.12. The lowest BCUT2D eigenvalue weighted by molar-refractivity contribution is -0.135. The fourth-order valence-corrected chi connectivity index (χ4v) is 3.21. The van der Waals surface area contributed by atoms with Gasteiger partial charge in [0.2, 0.25) is 11.8 Å². The van der Waals surface area contributed by atoms with Crippen LogP contribution in [-0.2, 0) is 9.59 Å². The molecule has 4 rings (SSSR count). The molecule has 2 amide bonds. The Hall–Kier alpha value is -3.28. The van der Waals surface area contributed by atoms with Crippen LogP contribution in [-0.4, -0.2) is 21.5 Å². The van der Waals surface area contributed by atoms with Crippen LogP contribution in [0.25, 0.3) is 10.8 Å². The molecule has 0 saturated carbocycles. The Labute approximate surface area is 144 Å². The molecular weight excluding hydrogens is 318 g/mol. The SMILES string of the molecule is O=C1CCC(n2cc3c(Nc4ccccc4)cccc3c2O)C(=O)N1. The molecule has 1 unspecified atom stereocenters. The van der Waals surface area contributed by atoms with E-state index in [-0.39, 0.29) is 24.1 Å². The second-order valence-electron chi connectivity index (χ2n) is 6.08. The van der Waals surface area contributed by atoms with E-state index in [1.807, 2.05) is 48.5 Å². The summed E-state index contributed by atoms with van der Waals surface area (Å²) in [7, 11) is 0. The number of aromatic nitrogens is 1. The molecule has 126 valence electrons. The Kier molecular flexibility index (Phi) is 3.65. The lowest BCUT2D eigenvalue weighted by Gasteiger charge is -2.22. The molecule has 6 nitrogen and oxygen atoms in total. The number of nitrogens with zero attached hydrogens (tertiary/aromatic N) is 1. The van der Waals surface area contributed by atoms with E-state index in [9.17, 15) is 14.7 Å². The highest BCUT2D eigenvalue weighted by Gasteiger charge is 2.30. The van der Waals surface area contributed by atoms with Crippen LogP contribution in [0.4, 0.5) is 11.4 Å². The summed E-state index contributed by atoms with van der Waals surface area (Å²) in [6.45, 7) is 0. The maximum Gasteiger partial charge on any atom is 0.249 e. The van der Waals surface area contributed by atoms with Gasteiger partial charge in [-0.1, -0.05) is 24.3 Å². The Bertz CT molecular complexity index is 963. The number of hydrogen-bond donors (Lipinski definition) is 3. The zero-order valence-electron chi connectivity index (χ0n) is 13.4. The van der Waals surface area contributed by atoms with E-state index in [0.717, 1.165) is 16.8 Å². The summed E-state index contributed by atoms with van der Waals surface area (Å²) >= 11 is 0. The van der Waals surface area contributed by atoms with E-state index < -0.39 is 6.04 Å². The zero-order chi connectivity index (χ0) is 17.4. The van der Waals surface area contributed by atoms with Crippen LogP contribution in [0.1, 0.15) is 18.9 Å². The Balaban J connectivity index is 1.76. The highest BCUT2D eigenvalue weighted by atomic mass is 16.3. The third-order valence-corrected chi connectivity index (χ3v) is 4.46. The smallest absolute Gasteiger partial charge is 0.249 e. The molecule has 0 radical (unpaired) electrons. The molecule has 1 aliphatic rings. The molecule has 2 heterocycles. The van der Waals surface area contributed by atoms with Crippen molar-refractivity contribution in [2.24, 2.45) is 0 Å². The number of amides is 2. The molecule has 1 fully saturated rings. The van der Waals surface area contributed by atoms with Crippen molar-refractivity contribution in [2.45, 2.75) is 18.9 Å². The summed E-state index contributed by atoms with van der Waals surface area (Å²) < 4.78 is 1.54. The van der Waals surface area contributed by atoms with E-state index >= 15 is 0 Å². The number of imide groups is 1. The van der Waals surface area contributed by atoms with Crippen LogP contribution in [0.15, 0.2) is 54.7 Å². The standard InChI is InChI=1S/C19H17N3O3/c23-17-10-9-16(18(24)21-17)22-11-14-13(19(22)25)7-4-8-15(14)20-12-5-2-1-3-6-12/h1-8,11,16,20,25H,9-10H2,(H,21,23,24). The van der Waals surface area contributed by atoms with Crippen LogP contribution in [0.2, 0.25) is 0 Å². The van der Waals surface area contributed by atoms with Gasteiger partial charge in [0.15, 0.2) is 5.88 Å². The average molecular weight is 335 g/mol. The minimum Gasteiger partial charge on any atom is -0.494 e. The van der Waals surface area contributed by atoms with Crippen LogP contribution >= 0.6 is 0 Å². The minimum absolute atomic E-state index is 0.0289. The number of benzene rings is 2. The predicted molar refractivity (Wildman–Crippen MR) is 94.7 cm³/mol. The Morgan fingerprint density at radius 2 is 1.84 bits per heavy atom. The summed E-state index contributed by atoms with van der Waals surface area (Å²) in [5.41, 5.74) is 1.77. The van der Waals surface area contributed by atoms with E-state index in [1.54, 1.807) is 10.8 Å². The highest BCUT2D eigenvalue weighted by molar-refractivity contribution is 6.02. The molecule has 1 atom stereocenters. The lowest BCUT2D eigenvalue weighted by Crippen LogP contribution is -2.41. The molecule has 1 saturated heterocycles. The molecule has 1 aliphatic heterocycles. The van der Waals surface area contributed by atoms with Crippen molar-refractivity contribution in [2.75, 3.05) is 5.32 Å². The maximum absolute atomic E-state index is 12.1. The molecule has 3 N–H and O–H groups in total. The topological polar surface area (TPSA) is 83.4 Å². The first-order chi connectivity index (χ1) is 12.1. The lowest BCUT2D eigenvalue weighted by atomic mass is 10.1. The molecule has 0 bridgehead atoms. The molecule has 25 heavy (non-hydrogen) atoms. The summed E-state index contributed by atoms with van der Waals surface area (Å²) in [6, 6.07) is 14.7. The predicted octanol–water partition coefficient (Wildman–Crippen LogP) is 3.07. The van der Waals surface area contributed by atoms with Crippen molar-refractivity contribution in [1.29, 1.82) is 0 Å². The van der Waals surface area contributed by atoms with Gasteiger partial charge < -0.3 is 15.0 Å². The second-order valence-corrected chi connectivity index (χ2v) is 6.08. The molecule has 1 aromatic heterocycles. The van der Waals surface area contributed by atoms with E-state index in [1.165, 1.54) is 0 Å². The van der Waals surface area contributed by atoms with Gasteiger partial charge >= 0.3 is 0 Å². The van der Waals surface area contributed by atoms with Crippen molar-refractivity contribution >= 4 is 34.0 Å². The number of para-hydroxylation sites is 1. The second kappa shape index (κ2) is 5.98. The number of piperidine rings is 1. The van der Waals surface area contributed by atoms with Crippen molar-refractivity contribution in [1.82, 2.24) is 9.88 Å². The monoisotopic (exact) mass is 335 g/mol. The summed E-state index contributed by atoms with van der Waals surface area (Å²) in [5, 5.41) is 17.7. The van der Waals surface area contributed by atoms with Gasteiger partial charge in [-0.2, -0.15) is 0 Å². The van der Waals surface area contributed by atoms with Gasteiger partial charge in [0.25, 0.3) is 0 Å². The highest BCUT2D eigenvalue weighted by Crippen LogP contribution is 2.37. The first-order valence-corrected chi connectivity index (χ1v) is 8.12. The molecule has 6 heteroatoms. The fourth-order valence-electron chi connectivity index (χ4n) is 3.21. The Morgan fingerprint density at radius 3 is 2.60 bits per heavy atom. The fraction of sp³-hybridized carbons (Fsp3) is 0.158. The molecule has 2 aromatic carbocycles. The number of rotatable bonds is 3. The van der Waals surface area contributed by atoms with Gasteiger partial charge in [-0.15, -0.1) is 0 Å². The van der Waals surface area contributed by atoms with E-state index in [2.05, 4.69) is 10.6 Å². The number of carbonyl (C=O) groups is 2. The normalized spacial score (nSPS) is 17.5. The van der Waals surface area contributed by atoms with Crippen LogP contribution in [0.5, 0.6) is 5.88 Å². The zero-order valence-corrected chi connectivity index (χ0v) is 13.4. The molecule has 3 aromatic rings. The van der Waals surface area contributed by atoms with Crippen molar-refractivity contribution in [3.63, 3.8) is 0 Å². The van der Waals surface area contributed by atoms with Crippen molar-refractivity contribution < 1.29 is 14.7 Å². The molecular formula is C19H17N3O3. The summed E-state index contributed by atoms with van der Waals surface area (Å²) in [4.78, 5) is 23.5. The van der Waals surface area contributed by atoms with Crippen molar-refractivity contribution in [3.8, 4) is 5.88 Å². The van der Waals surface area contributed by atoms with E-state index in [4.69, 9.17) is 0 Å². The maximum atomic E-state index is 12.1. The number of hydrogen-bond acceptors (Lipinski definition) is 4. The van der Waals surface area contributed by atoms with Gasteiger partial charge in [-0.05, 0) is 30.7 Å². The quantitative estimate of drug-likeness (QED) is 0.642. The number of aromatic hydroxyl groups is 1. The number of carbonyl (C=O) groups excluding carboxylic acids is 2. The third-order valence-electron chi connectivity index (χ3n) is 4.46. The summed E-state index contributed by atoms with van der Waals surface area (Å²) in [5.74, 6) is -0.630. The van der Waals surface area contributed by atoms with Crippen LogP contribution in [0, 0.1) is 0 Å². The summed E-state index contributed by atoms with van der Waals surface area (Å²) in [6.07, 6.45) is 2.40. The number of fused-ring (bicyclic) bond motifs is 1. The van der Waals surface area contributed by atoms with Gasteiger partial charge in [0, 0.05) is 34.8 Å². The van der Waals surface area contributed by atoms with Gasteiger partial charge in [0.05, 0.1) is 0 Å². The van der Waals surface area contributed by atoms with Gasteiger partial charge in [-0.3, -0.25) is 14.9 Å². The number of nitrogens with one attached hydrogen (secondary N) is 2. The largest absolute Gasteiger partial charge is 0.494 e. The van der Waals surface area contributed by atoms with Crippen LogP contribution < -0.4 is 10.6 Å².